The van der Waals surface area contributed by atoms with Gasteiger partial charge in [-0.2, -0.15) is 0 Å². The van der Waals surface area contributed by atoms with Crippen LogP contribution in [0, 0.1) is 17.3 Å². The van der Waals surface area contributed by atoms with Gasteiger partial charge in [-0.15, -0.1) is 0 Å². The zero-order valence-electron chi connectivity index (χ0n) is 12.3. The maximum atomic E-state index is 12.4. The van der Waals surface area contributed by atoms with Gasteiger partial charge in [0.1, 0.15) is 11.9 Å². The Balaban J connectivity index is 1.69. The van der Waals surface area contributed by atoms with Gasteiger partial charge in [0.2, 0.25) is 11.8 Å². The molecule has 1 saturated heterocycles. The van der Waals surface area contributed by atoms with Crippen LogP contribution >= 0.6 is 0 Å². The molecule has 114 valence electrons. The fourth-order valence-corrected chi connectivity index (χ4v) is 3.67. The minimum absolute atomic E-state index is 0.0517. The number of hydrogen-bond donors (Lipinski definition) is 1. The largest absolute Gasteiger partial charge is 0.391 e. The molecule has 21 heavy (non-hydrogen) atoms. The first kappa shape index (κ1) is 14.2. The second-order valence-corrected chi connectivity index (χ2v) is 7.17. The van der Waals surface area contributed by atoms with Gasteiger partial charge in [-0.3, -0.25) is 19.7 Å². The van der Waals surface area contributed by atoms with Crippen LogP contribution in [-0.4, -0.2) is 29.4 Å². The average Bonchev–Trinajstić information content (AvgIpc) is 2.68. The van der Waals surface area contributed by atoms with E-state index < -0.39 is 0 Å². The Morgan fingerprint density at radius 1 is 1.24 bits per heavy atom. The van der Waals surface area contributed by atoms with E-state index in [9.17, 15) is 14.4 Å². The summed E-state index contributed by atoms with van der Waals surface area (Å²) in [7, 11) is 0. The van der Waals surface area contributed by atoms with E-state index in [1.165, 1.54) is 0 Å². The number of nitrogens with zero attached hydrogens (tertiary/aromatic N) is 1. The molecule has 0 aromatic heterocycles. The highest BCUT2D eigenvalue weighted by Gasteiger charge is 2.48. The van der Waals surface area contributed by atoms with Gasteiger partial charge < -0.3 is 4.84 Å². The predicted octanol–water partition coefficient (Wildman–Crippen LogP) is 1.19. The summed E-state index contributed by atoms with van der Waals surface area (Å²) in [5.41, 5.74) is 0.664. The van der Waals surface area contributed by atoms with Gasteiger partial charge in [0, 0.05) is 19.3 Å². The van der Waals surface area contributed by atoms with Crippen LogP contribution in [-0.2, 0) is 19.2 Å². The van der Waals surface area contributed by atoms with Crippen molar-refractivity contribution in [2.45, 2.75) is 52.1 Å². The summed E-state index contributed by atoms with van der Waals surface area (Å²) < 4.78 is 0. The first-order valence-corrected chi connectivity index (χ1v) is 7.42. The number of carbonyl (C=O) groups is 3. The molecule has 3 rings (SSSR count). The van der Waals surface area contributed by atoms with Crippen molar-refractivity contribution in [2.24, 2.45) is 22.4 Å². The van der Waals surface area contributed by atoms with Crippen molar-refractivity contribution >= 4 is 23.3 Å². The first-order chi connectivity index (χ1) is 9.84. The van der Waals surface area contributed by atoms with Crippen LogP contribution in [0.15, 0.2) is 5.16 Å². The summed E-state index contributed by atoms with van der Waals surface area (Å²) in [5.74, 6) is -0.681. The van der Waals surface area contributed by atoms with E-state index in [1.807, 2.05) is 0 Å². The summed E-state index contributed by atoms with van der Waals surface area (Å²) in [6.07, 6.45) is 2.27. The van der Waals surface area contributed by atoms with Crippen LogP contribution in [0.1, 0.15) is 46.0 Å². The number of imide groups is 1. The molecule has 2 amide bonds. The van der Waals surface area contributed by atoms with E-state index in [2.05, 4.69) is 24.3 Å². The smallest absolute Gasteiger partial charge is 0.226 e. The third-order valence-electron chi connectivity index (χ3n) is 4.51. The number of rotatable bonds is 2. The fourth-order valence-electron chi connectivity index (χ4n) is 3.67. The molecule has 6 heteroatoms. The molecule has 1 aliphatic carbocycles. The van der Waals surface area contributed by atoms with Crippen LogP contribution in [0.4, 0.5) is 0 Å². The number of piperidine rings is 1. The highest BCUT2D eigenvalue weighted by Crippen LogP contribution is 2.41. The van der Waals surface area contributed by atoms with Crippen molar-refractivity contribution in [3.05, 3.63) is 0 Å². The molecule has 0 aromatic rings. The standard InChI is InChI=1S/C15H20N2O4/c1-15(2)6-10(18)14-9(17-21-11(14)7-15)3-8-4-12(19)16-13(20)5-8/h8,11,14H,3-7H2,1-2H3,(H,16,19,20). The molecule has 0 spiro atoms. The van der Waals surface area contributed by atoms with Crippen LogP contribution in [0.5, 0.6) is 0 Å². The van der Waals surface area contributed by atoms with Gasteiger partial charge in [-0.05, 0) is 24.2 Å². The van der Waals surface area contributed by atoms with Crippen LogP contribution in [0.2, 0.25) is 0 Å². The van der Waals surface area contributed by atoms with E-state index in [0.717, 1.165) is 6.42 Å². The Hall–Kier alpha value is -1.72. The number of fused-ring (bicyclic) bond motifs is 1. The summed E-state index contributed by atoms with van der Waals surface area (Å²) in [6, 6.07) is 0. The first-order valence-electron chi connectivity index (χ1n) is 7.42. The zero-order valence-corrected chi connectivity index (χ0v) is 12.3. The molecule has 2 unspecified atom stereocenters. The predicted molar refractivity (Wildman–Crippen MR) is 74.3 cm³/mol. The third kappa shape index (κ3) is 2.84. The van der Waals surface area contributed by atoms with Gasteiger partial charge in [0.05, 0.1) is 11.6 Å². The summed E-state index contributed by atoms with van der Waals surface area (Å²) in [6.45, 7) is 4.12. The Kier molecular flexibility index (Phi) is 3.34. The molecule has 2 atom stereocenters. The molecule has 1 saturated carbocycles. The van der Waals surface area contributed by atoms with Crippen molar-refractivity contribution < 1.29 is 19.2 Å². The van der Waals surface area contributed by atoms with Crippen molar-refractivity contribution in [3.63, 3.8) is 0 Å². The van der Waals surface area contributed by atoms with E-state index in [1.54, 1.807) is 0 Å². The zero-order chi connectivity index (χ0) is 15.2. The lowest BCUT2D eigenvalue weighted by atomic mass is 9.68. The molecule has 2 heterocycles. The average molecular weight is 292 g/mol. The normalized spacial score (nSPS) is 32.3. The van der Waals surface area contributed by atoms with E-state index in [0.29, 0.717) is 31.4 Å². The molecule has 3 aliphatic rings. The molecular weight excluding hydrogens is 272 g/mol. The van der Waals surface area contributed by atoms with Gasteiger partial charge >= 0.3 is 0 Å². The minimum Gasteiger partial charge on any atom is -0.391 e. The topological polar surface area (TPSA) is 84.8 Å². The summed E-state index contributed by atoms with van der Waals surface area (Å²) in [4.78, 5) is 40.7. The number of hydrogen-bond acceptors (Lipinski definition) is 5. The number of nitrogens with one attached hydrogen (secondary N) is 1. The molecule has 2 aliphatic heterocycles. The lowest BCUT2D eigenvalue weighted by molar-refractivity contribution is -0.134. The number of Topliss-reactive ketones (excluding diaryl/α,β-unsaturated/α-hetero) is 1. The van der Waals surface area contributed by atoms with E-state index in [4.69, 9.17) is 4.84 Å². The number of ketones is 1. The van der Waals surface area contributed by atoms with Crippen LogP contribution in [0.25, 0.3) is 0 Å². The highest BCUT2D eigenvalue weighted by molar-refractivity contribution is 6.07. The van der Waals surface area contributed by atoms with Crippen molar-refractivity contribution in [1.29, 1.82) is 0 Å². The molecule has 2 fully saturated rings. The molecule has 6 nitrogen and oxygen atoms in total. The monoisotopic (exact) mass is 292 g/mol. The minimum atomic E-state index is -0.280. The fraction of sp³-hybridized carbons (Fsp3) is 0.733. The molecular formula is C15H20N2O4. The maximum absolute atomic E-state index is 12.4. The Bertz CT molecular complexity index is 522. The van der Waals surface area contributed by atoms with Gasteiger partial charge in [0.25, 0.3) is 0 Å². The van der Waals surface area contributed by atoms with Gasteiger partial charge in [-0.1, -0.05) is 19.0 Å². The Morgan fingerprint density at radius 2 is 1.90 bits per heavy atom. The molecule has 0 aromatic carbocycles. The highest BCUT2D eigenvalue weighted by atomic mass is 16.6. The Labute approximate surface area is 123 Å². The second kappa shape index (κ2) is 4.93. The van der Waals surface area contributed by atoms with E-state index in [-0.39, 0.29) is 41.0 Å². The van der Waals surface area contributed by atoms with Gasteiger partial charge in [0.15, 0.2) is 0 Å². The lowest BCUT2D eigenvalue weighted by Gasteiger charge is -2.35. The molecule has 0 radical (unpaired) electrons. The second-order valence-electron chi connectivity index (χ2n) is 7.17. The lowest BCUT2D eigenvalue weighted by Crippen LogP contribution is -2.43. The van der Waals surface area contributed by atoms with Crippen LogP contribution in [0.3, 0.4) is 0 Å². The SMILES string of the molecule is CC1(C)CC(=O)C2C(CC3CC(=O)NC(=O)C3)=NOC2C1. The Morgan fingerprint density at radius 3 is 2.57 bits per heavy atom. The summed E-state index contributed by atoms with van der Waals surface area (Å²) in [5, 5.41) is 6.39. The van der Waals surface area contributed by atoms with E-state index >= 15 is 0 Å². The summed E-state index contributed by atoms with van der Waals surface area (Å²) >= 11 is 0. The van der Waals surface area contributed by atoms with Crippen molar-refractivity contribution in [1.82, 2.24) is 5.32 Å². The van der Waals surface area contributed by atoms with Crippen LogP contribution < -0.4 is 5.32 Å². The third-order valence-corrected chi connectivity index (χ3v) is 4.51. The molecule has 0 bridgehead atoms. The quantitative estimate of drug-likeness (QED) is 0.775. The van der Waals surface area contributed by atoms with Gasteiger partial charge in [-0.25, -0.2) is 0 Å². The number of amides is 2. The molecule has 1 N–H and O–H groups in total. The van der Waals surface area contributed by atoms with Crippen molar-refractivity contribution in [3.8, 4) is 0 Å². The van der Waals surface area contributed by atoms with Crippen molar-refractivity contribution in [2.75, 3.05) is 0 Å². The number of oxime groups is 1. The maximum Gasteiger partial charge on any atom is 0.226 e. The number of carbonyl (C=O) groups excluding carboxylic acids is 3.